The summed E-state index contributed by atoms with van der Waals surface area (Å²) >= 11 is 1.90. The Morgan fingerprint density at radius 1 is 1.67 bits per heavy atom. The largest absolute Gasteiger partial charge is 0.471 e. The number of furan rings is 1. The average molecular weight is 140 g/mol. The van der Waals surface area contributed by atoms with Crippen LogP contribution in [0.15, 0.2) is 21.8 Å². The third-order valence-electron chi connectivity index (χ3n) is 1.54. The van der Waals surface area contributed by atoms with E-state index in [-0.39, 0.29) is 0 Å². The molecule has 0 aromatic carbocycles. The lowest BCUT2D eigenvalue weighted by Gasteiger charge is -1.94. The Morgan fingerprint density at radius 3 is 3.33 bits per heavy atom. The maximum absolute atomic E-state index is 5.01. The highest BCUT2D eigenvalue weighted by atomic mass is 32.2. The second-order valence-electron chi connectivity index (χ2n) is 2.39. The lowest BCUT2D eigenvalue weighted by molar-refractivity contribution is 0.558. The minimum atomic E-state index is 0.756. The smallest absolute Gasteiger partial charge is 0.104 e. The molecule has 0 aliphatic carbocycles. The van der Waals surface area contributed by atoms with E-state index in [1.807, 2.05) is 24.3 Å². The van der Waals surface area contributed by atoms with Gasteiger partial charge in [-0.1, -0.05) is 6.92 Å². The standard InChI is InChI=1S/C7H8OS/c1-5-2-6-3-8-4-7(6)9-5/h3-5H,2H2,1H3. The first-order chi connectivity index (χ1) is 4.36. The Kier molecular flexibility index (Phi) is 1.09. The van der Waals surface area contributed by atoms with Gasteiger partial charge in [0.15, 0.2) is 0 Å². The van der Waals surface area contributed by atoms with Crippen molar-refractivity contribution >= 4 is 11.8 Å². The van der Waals surface area contributed by atoms with Gasteiger partial charge < -0.3 is 4.42 Å². The van der Waals surface area contributed by atoms with Crippen LogP contribution in [0.5, 0.6) is 0 Å². The maximum atomic E-state index is 5.01. The molecule has 0 bridgehead atoms. The molecule has 1 aromatic heterocycles. The molecule has 48 valence electrons. The molecule has 0 amide bonds. The number of hydrogen-bond donors (Lipinski definition) is 0. The lowest BCUT2D eigenvalue weighted by atomic mass is 10.2. The van der Waals surface area contributed by atoms with Crippen molar-refractivity contribution in [2.45, 2.75) is 23.5 Å². The van der Waals surface area contributed by atoms with Gasteiger partial charge in [0.05, 0.1) is 6.26 Å². The van der Waals surface area contributed by atoms with Gasteiger partial charge in [0, 0.05) is 15.7 Å². The van der Waals surface area contributed by atoms with Crippen molar-refractivity contribution in [1.29, 1.82) is 0 Å². The fourth-order valence-electron chi connectivity index (χ4n) is 1.13. The molecule has 1 aromatic rings. The van der Waals surface area contributed by atoms with E-state index in [2.05, 4.69) is 6.92 Å². The number of hydrogen-bond acceptors (Lipinski definition) is 2. The highest BCUT2D eigenvalue weighted by Gasteiger charge is 2.19. The monoisotopic (exact) mass is 140 g/mol. The minimum absolute atomic E-state index is 0.756. The molecule has 0 N–H and O–H groups in total. The van der Waals surface area contributed by atoms with Gasteiger partial charge in [-0.2, -0.15) is 0 Å². The Hall–Kier alpha value is -0.370. The van der Waals surface area contributed by atoms with E-state index in [1.165, 1.54) is 16.9 Å². The zero-order chi connectivity index (χ0) is 6.27. The van der Waals surface area contributed by atoms with Gasteiger partial charge in [0.1, 0.15) is 6.26 Å². The van der Waals surface area contributed by atoms with Crippen LogP contribution >= 0.6 is 11.8 Å². The van der Waals surface area contributed by atoms with E-state index in [0.717, 1.165) is 5.25 Å². The Morgan fingerprint density at radius 2 is 2.56 bits per heavy atom. The summed E-state index contributed by atoms with van der Waals surface area (Å²) in [6.07, 6.45) is 4.87. The van der Waals surface area contributed by atoms with Crippen LogP contribution in [0, 0.1) is 0 Å². The molecular weight excluding hydrogens is 132 g/mol. The summed E-state index contributed by atoms with van der Waals surface area (Å²) in [5.41, 5.74) is 1.38. The molecule has 0 saturated carbocycles. The average Bonchev–Trinajstić information content (AvgIpc) is 2.22. The van der Waals surface area contributed by atoms with Gasteiger partial charge in [0.2, 0.25) is 0 Å². The van der Waals surface area contributed by atoms with Crippen molar-refractivity contribution in [2.24, 2.45) is 0 Å². The second-order valence-corrected chi connectivity index (χ2v) is 3.87. The summed E-state index contributed by atoms with van der Waals surface area (Å²) < 4.78 is 5.01. The molecule has 1 aliphatic heterocycles. The highest BCUT2D eigenvalue weighted by molar-refractivity contribution is 8.00. The summed E-state index contributed by atoms with van der Waals surface area (Å²) in [6.45, 7) is 2.24. The van der Waals surface area contributed by atoms with Crippen LogP contribution in [0.1, 0.15) is 12.5 Å². The minimum Gasteiger partial charge on any atom is -0.471 e. The molecule has 2 heteroatoms. The van der Waals surface area contributed by atoms with Crippen LogP contribution in [0.4, 0.5) is 0 Å². The topological polar surface area (TPSA) is 13.1 Å². The third-order valence-corrected chi connectivity index (χ3v) is 2.72. The van der Waals surface area contributed by atoms with E-state index >= 15 is 0 Å². The van der Waals surface area contributed by atoms with Crippen molar-refractivity contribution in [3.8, 4) is 0 Å². The van der Waals surface area contributed by atoms with E-state index < -0.39 is 0 Å². The molecule has 1 atom stereocenters. The number of rotatable bonds is 0. The summed E-state index contributed by atoms with van der Waals surface area (Å²) in [4.78, 5) is 1.34. The molecule has 0 fully saturated rings. The summed E-state index contributed by atoms with van der Waals surface area (Å²) in [6, 6.07) is 0. The molecule has 9 heavy (non-hydrogen) atoms. The van der Waals surface area contributed by atoms with Crippen molar-refractivity contribution < 1.29 is 4.42 Å². The predicted octanol–water partition coefficient (Wildman–Crippen LogP) is 2.32. The molecule has 1 aliphatic rings. The fourth-order valence-corrected chi connectivity index (χ4v) is 2.22. The lowest BCUT2D eigenvalue weighted by Crippen LogP contribution is -1.90. The Labute approximate surface area is 58.4 Å². The SMILES string of the molecule is CC1Cc2cocc2S1. The zero-order valence-corrected chi connectivity index (χ0v) is 6.07. The first kappa shape index (κ1) is 5.42. The summed E-state index contributed by atoms with van der Waals surface area (Å²) in [5, 5.41) is 0.756. The second kappa shape index (κ2) is 1.81. The van der Waals surface area contributed by atoms with Crippen LogP contribution in [0.2, 0.25) is 0 Å². The highest BCUT2D eigenvalue weighted by Crippen LogP contribution is 2.36. The van der Waals surface area contributed by atoms with Crippen molar-refractivity contribution in [3.05, 3.63) is 18.1 Å². The van der Waals surface area contributed by atoms with Crippen molar-refractivity contribution in [3.63, 3.8) is 0 Å². The molecule has 2 heterocycles. The van der Waals surface area contributed by atoms with E-state index in [9.17, 15) is 0 Å². The molecule has 0 radical (unpaired) electrons. The summed E-state index contributed by atoms with van der Waals surface area (Å²) in [5.74, 6) is 0. The van der Waals surface area contributed by atoms with Gasteiger partial charge in [-0.3, -0.25) is 0 Å². The van der Waals surface area contributed by atoms with Crippen LogP contribution in [-0.4, -0.2) is 5.25 Å². The van der Waals surface area contributed by atoms with E-state index in [0.29, 0.717) is 0 Å². The van der Waals surface area contributed by atoms with Crippen LogP contribution < -0.4 is 0 Å². The Balaban J connectivity index is 2.39. The molecule has 1 unspecified atom stereocenters. The maximum Gasteiger partial charge on any atom is 0.104 e. The van der Waals surface area contributed by atoms with E-state index in [1.54, 1.807) is 0 Å². The van der Waals surface area contributed by atoms with Crippen LogP contribution in [-0.2, 0) is 6.42 Å². The molecule has 0 spiro atoms. The van der Waals surface area contributed by atoms with Gasteiger partial charge in [-0.25, -0.2) is 0 Å². The normalized spacial score (nSPS) is 24.3. The molecular formula is C7H8OS. The molecule has 1 nitrogen and oxygen atoms in total. The van der Waals surface area contributed by atoms with Gasteiger partial charge in [0.25, 0.3) is 0 Å². The fraction of sp³-hybridized carbons (Fsp3) is 0.429. The van der Waals surface area contributed by atoms with E-state index in [4.69, 9.17) is 4.42 Å². The van der Waals surface area contributed by atoms with Crippen molar-refractivity contribution in [2.75, 3.05) is 0 Å². The van der Waals surface area contributed by atoms with Gasteiger partial charge in [-0.05, 0) is 6.42 Å². The third kappa shape index (κ3) is 0.778. The van der Waals surface area contributed by atoms with Gasteiger partial charge >= 0.3 is 0 Å². The number of thioether (sulfide) groups is 1. The van der Waals surface area contributed by atoms with Crippen molar-refractivity contribution in [1.82, 2.24) is 0 Å². The van der Waals surface area contributed by atoms with Crippen LogP contribution in [0.3, 0.4) is 0 Å². The first-order valence-electron chi connectivity index (χ1n) is 3.08. The molecule has 0 saturated heterocycles. The summed E-state index contributed by atoms with van der Waals surface area (Å²) in [7, 11) is 0. The zero-order valence-electron chi connectivity index (χ0n) is 5.26. The quantitative estimate of drug-likeness (QED) is 0.548. The Bertz CT molecular complexity index is 196. The predicted molar refractivity (Wildman–Crippen MR) is 37.7 cm³/mol. The number of fused-ring (bicyclic) bond motifs is 1. The van der Waals surface area contributed by atoms with Crippen LogP contribution in [0.25, 0.3) is 0 Å². The molecule has 2 rings (SSSR count). The van der Waals surface area contributed by atoms with Gasteiger partial charge in [-0.15, -0.1) is 11.8 Å². The first-order valence-corrected chi connectivity index (χ1v) is 3.96.